The molecule has 0 spiro atoms. The molecule has 2 aliphatic rings. The minimum Gasteiger partial charge on any atom is -0.379 e. The summed E-state index contributed by atoms with van der Waals surface area (Å²) in [6.07, 6.45) is 2.33. The number of ether oxygens (including phenoxy) is 1. The van der Waals surface area contributed by atoms with E-state index in [2.05, 4.69) is 27.0 Å². The van der Waals surface area contributed by atoms with Crippen LogP contribution in [0.2, 0.25) is 0 Å². The zero-order valence-electron chi connectivity index (χ0n) is 24.6. The molecular formula is C35H34N4O4. The van der Waals surface area contributed by atoms with Gasteiger partial charge in [0.1, 0.15) is 0 Å². The summed E-state index contributed by atoms with van der Waals surface area (Å²) in [7, 11) is 1.66. The van der Waals surface area contributed by atoms with Crippen molar-refractivity contribution in [1.82, 2.24) is 15.6 Å². The molecular weight excluding hydrogens is 540 g/mol. The fraction of sp³-hybridized carbons (Fsp3) is 0.229. The normalized spacial score (nSPS) is 18.6. The van der Waals surface area contributed by atoms with Gasteiger partial charge in [-0.05, 0) is 67.3 Å². The lowest BCUT2D eigenvalue weighted by Crippen LogP contribution is -2.35. The smallest absolute Gasteiger partial charge is 0.256 e. The van der Waals surface area contributed by atoms with Crippen LogP contribution in [0.25, 0.3) is 11.6 Å². The van der Waals surface area contributed by atoms with Crippen molar-refractivity contribution in [1.29, 1.82) is 0 Å². The molecule has 0 saturated carbocycles. The largest absolute Gasteiger partial charge is 0.379 e. The zero-order chi connectivity index (χ0) is 30.2. The summed E-state index contributed by atoms with van der Waals surface area (Å²) in [5.41, 5.74) is 7.99. The predicted molar refractivity (Wildman–Crippen MR) is 167 cm³/mol. The van der Waals surface area contributed by atoms with Gasteiger partial charge in [0.15, 0.2) is 0 Å². The van der Waals surface area contributed by atoms with Gasteiger partial charge in [-0.1, -0.05) is 54.6 Å². The van der Waals surface area contributed by atoms with E-state index in [1.807, 2.05) is 69.3 Å². The average molecular weight is 575 g/mol. The maximum atomic E-state index is 13.6. The molecule has 43 heavy (non-hydrogen) atoms. The number of fused-ring (bicyclic) bond motifs is 2. The van der Waals surface area contributed by atoms with Crippen molar-refractivity contribution >= 4 is 35.1 Å². The van der Waals surface area contributed by atoms with Crippen molar-refractivity contribution < 1.29 is 19.1 Å². The Hall–Kier alpha value is -4.95. The molecule has 1 aliphatic heterocycles. The minimum absolute atomic E-state index is 0.150. The molecule has 6 rings (SSSR count). The van der Waals surface area contributed by atoms with Gasteiger partial charge in [0.05, 0.1) is 29.3 Å². The van der Waals surface area contributed by atoms with E-state index in [1.165, 1.54) is 5.56 Å². The van der Waals surface area contributed by atoms with E-state index in [9.17, 15) is 14.4 Å². The number of H-pyrrole nitrogens is 1. The van der Waals surface area contributed by atoms with Crippen molar-refractivity contribution in [3.63, 3.8) is 0 Å². The summed E-state index contributed by atoms with van der Waals surface area (Å²) >= 11 is 0. The summed E-state index contributed by atoms with van der Waals surface area (Å²) in [4.78, 5) is 43.1. The molecule has 8 nitrogen and oxygen atoms in total. The van der Waals surface area contributed by atoms with Gasteiger partial charge in [-0.2, -0.15) is 0 Å². The number of nitrogens with one attached hydrogen (secondary N) is 4. The van der Waals surface area contributed by atoms with Gasteiger partial charge in [0, 0.05) is 41.7 Å². The van der Waals surface area contributed by atoms with Gasteiger partial charge >= 0.3 is 0 Å². The maximum Gasteiger partial charge on any atom is 0.256 e. The first kappa shape index (κ1) is 28.2. The molecule has 0 saturated heterocycles. The van der Waals surface area contributed by atoms with Crippen LogP contribution in [-0.4, -0.2) is 35.9 Å². The zero-order valence-corrected chi connectivity index (χ0v) is 24.6. The number of anilines is 1. The van der Waals surface area contributed by atoms with E-state index in [0.29, 0.717) is 39.3 Å². The number of aryl methyl sites for hydroxylation is 1. The third-order valence-electron chi connectivity index (χ3n) is 8.48. The van der Waals surface area contributed by atoms with Gasteiger partial charge < -0.3 is 25.7 Å². The van der Waals surface area contributed by atoms with Crippen molar-refractivity contribution in [2.75, 3.05) is 12.4 Å². The molecule has 3 atom stereocenters. The topological polar surface area (TPSA) is 112 Å². The fourth-order valence-electron chi connectivity index (χ4n) is 6.14. The molecule has 218 valence electrons. The molecule has 3 amide bonds. The van der Waals surface area contributed by atoms with Gasteiger partial charge in [-0.3, -0.25) is 14.4 Å². The standard InChI is InChI=1S/C35H34N4O4/c1-19-29(36-21(3)31(19)35(42)39-32-25-13-9-8-12-23(25)17-30(32)43-4)18-27-26-16-24(14-15-28(26)38-34(27)41)33(40)37-20(2)22-10-6-5-7-11-22/h5-16,18,20,30,32,36H,17H2,1-4H3,(H,37,40)(H,38,41)(H,39,42)/b27-18-/t20-,30-,32-/m1/s1. The second kappa shape index (κ2) is 11.4. The first-order valence-corrected chi connectivity index (χ1v) is 14.4. The number of methoxy groups -OCH3 is 1. The Morgan fingerprint density at radius 1 is 1.00 bits per heavy atom. The van der Waals surface area contributed by atoms with Gasteiger partial charge in [0.2, 0.25) is 0 Å². The molecule has 0 radical (unpaired) electrons. The van der Waals surface area contributed by atoms with Crippen molar-refractivity contribution in [3.8, 4) is 0 Å². The molecule has 8 heteroatoms. The van der Waals surface area contributed by atoms with Gasteiger partial charge in [-0.15, -0.1) is 0 Å². The Labute approximate surface area is 250 Å². The number of aromatic nitrogens is 1. The molecule has 4 aromatic rings. The van der Waals surface area contributed by atoms with Crippen LogP contribution in [0.4, 0.5) is 5.69 Å². The Morgan fingerprint density at radius 3 is 2.51 bits per heavy atom. The molecule has 0 fully saturated rings. The highest BCUT2D eigenvalue weighted by atomic mass is 16.5. The first-order valence-electron chi connectivity index (χ1n) is 14.4. The van der Waals surface area contributed by atoms with Crippen LogP contribution in [0.5, 0.6) is 0 Å². The lowest BCUT2D eigenvalue weighted by Gasteiger charge is -2.21. The number of hydrogen-bond acceptors (Lipinski definition) is 4. The van der Waals surface area contributed by atoms with Crippen LogP contribution < -0.4 is 16.0 Å². The highest BCUT2D eigenvalue weighted by Crippen LogP contribution is 2.36. The summed E-state index contributed by atoms with van der Waals surface area (Å²) in [6, 6.07) is 22.5. The average Bonchev–Trinajstić information content (AvgIpc) is 3.62. The summed E-state index contributed by atoms with van der Waals surface area (Å²) in [6.45, 7) is 5.64. The Kier molecular flexibility index (Phi) is 7.46. The van der Waals surface area contributed by atoms with Crippen molar-refractivity contribution in [2.24, 2.45) is 0 Å². The van der Waals surface area contributed by atoms with Crippen LogP contribution in [0.3, 0.4) is 0 Å². The maximum absolute atomic E-state index is 13.6. The number of carbonyl (C=O) groups is 3. The van der Waals surface area contributed by atoms with Crippen molar-refractivity contribution in [2.45, 2.75) is 45.4 Å². The molecule has 3 aromatic carbocycles. The van der Waals surface area contributed by atoms with Crippen LogP contribution in [0.1, 0.15) is 78.9 Å². The summed E-state index contributed by atoms with van der Waals surface area (Å²) in [5.74, 6) is -0.706. The van der Waals surface area contributed by atoms with Crippen LogP contribution in [0.15, 0.2) is 72.8 Å². The van der Waals surface area contributed by atoms with E-state index >= 15 is 0 Å². The second-order valence-corrected chi connectivity index (χ2v) is 11.2. The van der Waals surface area contributed by atoms with Crippen LogP contribution in [0, 0.1) is 13.8 Å². The van der Waals surface area contributed by atoms with E-state index in [1.54, 1.807) is 31.4 Å². The second-order valence-electron chi connectivity index (χ2n) is 11.2. The lowest BCUT2D eigenvalue weighted by atomic mass is 10.0. The third kappa shape index (κ3) is 5.26. The Bertz CT molecular complexity index is 1770. The molecule has 0 unspecified atom stereocenters. The number of carbonyl (C=O) groups excluding carboxylic acids is 3. The third-order valence-corrected chi connectivity index (χ3v) is 8.48. The molecule has 4 N–H and O–H groups in total. The summed E-state index contributed by atoms with van der Waals surface area (Å²) < 4.78 is 5.71. The predicted octanol–water partition coefficient (Wildman–Crippen LogP) is 5.66. The highest BCUT2D eigenvalue weighted by Gasteiger charge is 2.34. The lowest BCUT2D eigenvalue weighted by molar-refractivity contribution is -0.110. The summed E-state index contributed by atoms with van der Waals surface area (Å²) in [5, 5.41) is 9.10. The van der Waals surface area contributed by atoms with Crippen LogP contribution >= 0.6 is 0 Å². The van der Waals surface area contributed by atoms with E-state index < -0.39 is 0 Å². The monoisotopic (exact) mass is 574 g/mol. The fourth-order valence-corrected chi connectivity index (χ4v) is 6.14. The molecule has 0 bridgehead atoms. The minimum atomic E-state index is -0.270. The van der Waals surface area contributed by atoms with E-state index in [0.717, 1.165) is 23.1 Å². The van der Waals surface area contributed by atoms with Crippen molar-refractivity contribution in [3.05, 3.63) is 123 Å². The number of hydrogen-bond donors (Lipinski definition) is 4. The number of aromatic amines is 1. The van der Waals surface area contributed by atoms with E-state index in [-0.39, 0.29) is 35.9 Å². The molecule has 1 aromatic heterocycles. The number of benzene rings is 3. The SMILES string of the molecule is CO[C@@H]1Cc2ccccc2[C@H]1NC(=O)c1c(C)[nH]c(/C=C2\C(=O)Nc3ccc(C(=O)N[C@H](C)c4ccccc4)cc32)c1C. The van der Waals surface area contributed by atoms with Crippen LogP contribution in [-0.2, 0) is 16.0 Å². The quantitative estimate of drug-likeness (QED) is 0.214. The van der Waals surface area contributed by atoms with Gasteiger partial charge in [-0.25, -0.2) is 0 Å². The van der Waals surface area contributed by atoms with E-state index in [4.69, 9.17) is 4.74 Å². The number of rotatable bonds is 7. The Balaban J connectivity index is 1.26. The molecule has 2 heterocycles. The Morgan fingerprint density at radius 2 is 1.74 bits per heavy atom. The number of amides is 3. The first-order chi connectivity index (χ1) is 20.7. The van der Waals surface area contributed by atoms with Gasteiger partial charge in [0.25, 0.3) is 17.7 Å². The molecule has 1 aliphatic carbocycles. The highest BCUT2D eigenvalue weighted by molar-refractivity contribution is 6.35.